The number of pyridine rings is 2. The van der Waals surface area contributed by atoms with Crippen molar-refractivity contribution >= 4 is 24.0 Å². The van der Waals surface area contributed by atoms with E-state index in [9.17, 15) is 9.59 Å². The van der Waals surface area contributed by atoms with Crippen molar-refractivity contribution in [3.05, 3.63) is 111 Å². The maximum atomic E-state index is 12.7. The summed E-state index contributed by atoms with van der Waals surface area (Å²) in [4.78, 5) is 37.7. The molecule has 0 radical (unpaired) electrons. The molecular formula is C45H69BN4O2. The molecular weight excluding hydrogens is 639 g/mol. The Morgan fingerprint density at radius 2 is 0.981 bits per heavy atom. The molecule has 0 unspecified atom stereocenters. The number of rotatable bonds is 8. The van der Waals surface area contributed by atoms with Crippen molar-refractivity contribution in [2.24, 2.45) is 0 Å². The Morgan fingerprint density at radius 3 is 1.42 bits per heavy atom. The number of benzene rings is 2. The zero-order chi connectivity index (χ0) is 40.1. The quantitative estimate of drug-likeness (QED) is 0.171. The van der Waals surface area contributed by atoms with Crippen molar-refractivity contribution in [1.82, 2.24) is 19.8 Å². The summed E-state index contributed by atoms with van der Waals surface area (Å²) < 4.78 is 0. The second-order valence-corrected chi connectivity index (χ2v) is 12.6. The van der Waals surface area contributed by atoms with Gasteiger partial charge in [-0.05, 0) is 117 Å². The minimum Gasteiger partial charge on any atom is -0.339 e. The summed E-state index contributed by atoms with van der Waals surface area (Å²) in [5, 5.41) is 0. The van der Waals surface area contributed by atoms with E-state index in [-0.39, 0.29) is 11.8 Å². The summed E-state index contributed by atoms with van der Waals surface area (Å²) >= 11 is 0. The molecule has 0 aliphatic rings. The smallest absolute Gasteiger partial charge is 0.254 e. The number of carbonyl (C=O) groups excluding carboxylic acids is 2. The molecule has 0 saturated heterocycles. The van der Waals surface area contributed by atoms with Crippen LogP contribution in [0.4, 0.5) is 0 Å². The summed E-state index contributed by atoms with van der Waals surface area (Å²) in [6.45, 7) is 38.1. The molecule has 284 valence electrons. The largest absolute Gasteiger partial charge is 0.339 e. The van der Waals surface area contributed by atoms with E-state index in [4.69, 9.17) is 0 Å². The van der Waals surface area contributed by atoms with Crippen LogP contribution in [-0.2, 0) is 0 Å². The average Bonchev–Trinajstić information content (AvgIpc) is 3.15. The van der Waals surface area contributed by atoms with Crippen LogP contribution in [0.1, 0.15) is 115 Å². The molecule has 2 amide bonds. The maximum absolute atomic E-state index is 12.7. The number of amides is 2. The van der Waals surface area contributed by atoms with Gasteiger partial charge in [-0.1, -0.05) is 89.3 Å². The van der Waals surface area contributed by atoms with Crippen molar-refractivity contribution in [1.29, 1.82) is 0 Å². The lowest BCUT2D eigenvalue weighted by atomic mass is 9.48. The summed E-state index contributed by atoms with van der Waals surface area (Å²) in [6.07, 6.45) is 0. The fourth-order valence-electron chi connectivity index (χ4n) is 5.57. The summed E-state index contributed by atoms with van der Waals surface area (Å²) in [6, 6.07) is 19.8. The molecule has 0 aliphatic heterocycles. The lowest BCUT2D eigenvalue weighted by Gasteiger charge is -2.21. The molecule has 4 rings (SSSR count). The number of hydrogen-bond donors (Lipinski definition) is 0. The molecule has 52 heavy (non-hydrogen) atoms. The van der Waals surface area contributed by atoms with Crippen LogP contribution in [0.2, 0.25) is 13.6 Å². The van der Waals surface area contributed by atoms with Gasteiger partial charge in [-0.15, -0.1) is 0 Å². The van der Waals surface area contributed by atoms with Crippen molar-refractivity contribution in [2.45, 2.75) is 118 Å². The highest BCUT2D eigenvalue weighted by atomic mass is 16.2. The van der Waals surface area contributed by atoms with Crippen LogP contribution in [0.15, 0.2) is 60.7 Å². The zero-order valence-corrected chi connectivity index (χ0v) is 35.8. The normalized spacial score (nSPS) is 9.71. The van der Waals surface area contributed by atoms with Gasteiger partial charge >= 0.3 is 0 Å². The van der Waals surface area contributed by atoms with E-state index in [2.05, 4.69) is 70.4 Å². The van der Waals surface area contributed by atoms with Gasteiger partial charge in [0.2, 0.25) is 0 Å². The first-order valence-corrected chi connectivity index (χ1v) is 19.3. The average molecular weight is 709 g/mol. The van der Waals surface area contributed by atoms with Gasteiger partial charge in [-0.2, -0.15) is 0 Å². The van der Waals surface area contributed by atoms with Crippen LogP contribution >= 0.6 is 0 Å². The van der Waals surface area contributed by atoms with Crippen LogP contribution in [0.3, 0.4) is 0 Å². The Morgan fingerprint density at radius 1 is 0.577 bits per heavy atom. The molecule has 0 fully saturated rings. The van der Waals surface area contributed by atoms with Crippen LogP contribution in [0.25, 0.3) is 11.3 Å². The Kier molecular flexibility index (Phi) is 22.8. The van der Waals surface area contributed by atoms with Crippen LogP contribution in [0, 0.1) is 48.5 Å². The van der Waals surface area contributed by atoms with Gasteiger partial charge in [0.1, 0.15) is 0 Å². The Bertz CT molecular complexity index is 1630. The minimum absolute atomic E-state index is 0.0679. The van der Waals surface area contributed by atoms with Gasteiger partial charge in [0.05, 0.1) is 5.69 Å². The van der Waals surface area contributed by atoms with E-state index >= 15 is 0 Å². The first-order valence-electron chi connectivity index (χ1n) is 19.3. The fourth-order valence-corrected chi connectivity index (χ4v) is 5.57. The predicted octanol–water partition coefficient (Wildman–Crippen LogP) is 10.7. The van der Waals surface area contributed by atoms with Gasteiger partial charge in [-0.3, -0.25) is 19.6 Å². The molecule has 0 atom stereocenters. The lowest BCUT2D eigenvalue weighted by molar-refractivity contribution is 0.0766. The van der Waals surface area contributed by atoms with Crippen molar-refractivity contribution in [3.8, 4) is 11.3 Å². The molecule has 0 saturated carbocycles. The highest BCUT2D eigenvalue weighted by Gasteiger charge is 2.19. The third-order valence-electron chi connectivity index (χ3n) is 9.03. The van der Waals surface area contributed by atoms with E-state index in [1.807, 2.05) is 128 Å². The highest BCUT2D eigenvalue weighted by molar-refractivity contribution is 6.72. The Hall–Kier alpha value is -4.26. The maximum Gasteiger partial charge on any atom is 0.254 e. The molecule has 2 heterocycles. The van der Waals surface area contributed by atoms with Gasteiger partial charge in [0.15, 0.2) is 6.71 Å². The predicted molar refractivity (Wildman–Crippen MR) is 228 cm³/mol. The first-order chi connectivity index (χ1) is 24.7. The lowest BCUT2D eigenvalue weighted by Crippen LogP contribution is -2.37. The van der Waals surface area contributed by atoms with Crippen LogP contribution < -0.4 is 5.46 Å². The van der Waals surface area contributed by atoms with E-state index in [1.165, 1.54) is 22.3 Å². The van der Waals surface area contributed by atoms with Crippen LogP contribution in [0.5, 0.6) is 0 Å². The Labute approximate surface area is 318 Å². The summed E-state index contributed by atoms with van der Waals surface area (Å²) in [5.41, 5.74) is 12.8. The van der Waals surface area contributed by atoms with Gasteiger partial charge in [0, 0.05) is 60.0 Å². The number of nitrogens with zero attached hydrogens (tertiary/aromatic N) is 4. The topological polar surface area (TPSA) is 66.4 Å². The van der Waals surface area contributed by atoms with E-state index in [0.717, 1.165) is 58.0 Å². The van der Waals surface area contributed by atoms with E-state index in [0.29, 0.717) is 19.8 Å². The molecule has 0 N–H and O–H groups in total. The molecule has 7 heteroatoms. The number of aromatic nitrogens is 2. The van der Waals surface area contributed by atoms with Crippen molar-refractivity contribution in [2.75, 3.05) is 26.2 Å². The second kappa shape index (κ2) is 24.8. The monoisotopic (exact) mass is 709 g/mol. The highest BCUT2D eigenvalue weighted by Crippen LogP contribution is 2.26. The van der Waals surface area contributed by atoms with Crippen LogP contribution in [-0.4, -0.2) is 64.5 Å². The molecule has 0 bridgehead atoms. The zero-order valence-electron chi connectivity index (χ0n) is 35.8. The Balaban J connectivity index is 0.000000759. The summed E-state index contributed by atoms with van der Waals surface area (Å²) in [5.74, 6) is 0.215. The first kappa shape index (κ1) is 47.7. The fraction of sp³-hybridized carbons (Fsp3) is 0.467. The third-order valence-corrected chi connectivity index (χ3v) is 9.03. The SMILES string of the molecule is CC.CC.CCN(CC)C(=O)c1ccccc1-c1cc(C)c(C)c(C)n1.CCN(CC)C(=O)c1ccccc1B(C)C.Cc1cc(C)c(C)c(C)n1. The molecule has 0 aliphatic carbocycles. The van der Waals surface area contributed by atoms with E-state index in [1.54, 1.807) is 0 Å². The van der Waals surface area contributed by atoms with Gasteiger partial charge < -0.3 is 9.80 Å². The molecule has 0 spiro atoms. The number of hydrogen-bond acceptors (Lipinski definition) is 4. The number of aryl methyl sites for hydroxylation is 5. The minimum atomic E-state index is 0.0679. The molecule has 6 nitrogen and oxygen atoms in total. The second-order valence-electron chi connectivity index (χ2n) is 12.6. The van der Waals surface area contributed by atoms with Crippen molar-refractivity contribution in [3.63, 3.8) is 0 Å². The molecule has 4 aromatic rings. The van der Waals surface area contributed by atoms with Gasteiger partial charge in [-0.25, -0.2) is 0 Å². The number of carbonyl (C=O) groups is 2. The third kappa shape index (κ3) is 13.7. The molecule has 2 aromatic carbocycles. The molecule has 2 aromatic heterocycles. The standard InChI is InChI=1S/C19H24N2O.C13H20BNO.C9H13N.2C2H6/c1-6-21(7-2)19(22)17-11-9-8-10-16(17)18-12-13(3)14(4)15(5)20-18;1-5-15(6-2)13(16)11-9-7-8-10-12(11)14(3)4;1-6-5-7(2)10-9(4)8(6)3;2*1-2/h8-12H,6-7H2,1-5H3;7-10H,5-6H2,1-4H3;5H,1-4H3;2*1-2H3. The van der Waals surface area contributed by atoms with Gasteiger partial charge in [0.25, 0.3) is 11.8 Å². The van der Waals surface area contributed by atoms with Crippen molar-refractivity contribution < 1.29 is 9.59 Å². The van der Waals surface area contributed by atoms with E-state index < -0.39 is 0 Å². The summed E-state index contributed by atoms with van der Waals surface area (Å²) in [7, 11) is 0.